The molecule has 2 rings (SSSR count). The van der Waals surface area contributed by atoms with Crippen LogP contribution in [0, 0.1) is 5.41 Å². The summed E-state index contributed by atoms with van der Waals surface area (Å²) in [5.41, 5.74) is 1.21. The van der Waals surface area contributed by atoms with Gasteiger partial charge in [-0.15, -0.1) is 0 Å². The van der Waals surface area contributed by atoms with Crippen molar-refractivity contribution in [3.8, 4) is 11.5 Å². The quantitative estimate of drug-likeness (QED) is 0.823. The van der Waals surface area contributed by atoms with E-state index in [9.17, 15) is 0 Å². The van der Waals surface area contributed by atoms with Crippen molar-refractivity contribution in [1.29, 1.82) is 0 Å². The molecule has 0 saturated carbocycles. The molecule has 0 radical (unpaired) electrons. The van der Waals surface area contributed by atoms with Gasteiger partial charge >= 0.3 is 0 Å². The number of hydrogen-bond donors (Lipinski definition) is 1. The topological polar surface area (TPSA) is 39.7 Å². The Morgan fingerprint density at radius 3 is 2.53 bits per heavy atom. The van der Waals surface area contributed by atoms with Crippen molar-refractivity contribution in [3.05, 3.63) is 18.2 Å². The molecular formula is C15H23NO3. The van der Waals surface area contributed by atoms with Gasteiger partial charge in [0.05, 0.1) is 32.1 Å². The summed E-state index contributed by atoms with van der Waals surface area (Å²) in [6, 6.07) is 5.89. The summed E-state index contributed by atoms with van der Waals surface area (Å²) in [7, 11) is 0. The van der Waals surface area contributed by atoms with E-state index in [-0.39, 0.29) is 5.41 Å². The molecule has 1 saturated heterocycles. The predicted molar refractivity (Wildman–Crippen MR) is 76.2 cm³/mol. The Labute approximate surface area is 115 Å². The van der Waals surface area contributed by atoms with Gasteiger partial charge in [-0.25, -0.2) is 0 Å². The largest absolute Gasteiger partial charge is 0.494 e. The van der Waals surface area contributed by atoms with E-state index in [1.54, 1.807) is 0 Å². The maximum atomic E-state index is 5.64. The van der Waals surface area contributed by atoms with Crippen LogP contribution in [0.2, 0.25) is 0 Å². The first-order valence-corrected chi connectivity index (χ1v) is 6.88. The predicted octanol–water partition coefficient (Wildman–Crippen LogP) is 2.93. The molecule has 19 heavy (non-hydrogen) atoms. The zero-order valence-corrected chi connectivity index (χ0v) is 12.0. The molecule has 0 aromatic heterocycles. The smallest absolute Gasteiger partial charge is 0.142 e. The average molecular weight is 265 g/mol. The summed E-state index contributed by atoms with van der Waals surface area (Å²) in [5.74, 6) is 1.73. The molecule has 0 amide bonds. The van der Waals surface area contributed by atoms with Gasteiger partial charge in [-0.2, -0.15) is 0 Å². The van der Waals surface area contributed by atoms with Crippen LogP contribution in [0.5, 0.6) is 11.5 Å². The van der Waals surface area contributed by atoms with E-state index in [1.165, 1.54) is 0 Å². The normalized spacial score (nSPS) is 16.6. The molecule has 0 aliphatic carbocycles. The Morgan fingerprint density at radius 1 is 1.21 bits per heavy atom. The summed E-state index contributed by atoms with van der Waals surface area (Å²) in [5, 5.41) is 3.45. The van der Waals surface area contributed by atoms with E-state index in [4.69, 9.17) is 14.2 Å². The summed E-state index contributed by atoms with van der Waals surface area (Å²) in [4.78, 5) is 0. The Morgan fingerprint density at radius 2 is 1.95 bits per heavy atom. The highest BCUT2D eigenvalue weighted by Gasteiger charge is 2.33. The summed E-state index contributed by atoms with van der Waals surface area (Å²) >= 11 is 0. The second-order valence-electron chi connectivity index (χ2n) is 5.18. The van der Waals surface area contributed by atoms with Crippen molar-refractivity contribution in [2.45, 2.75) is 20.8 Å². The van der Waals surface area contributed by atoms with E-state index in [0.29, 0.717) is 13.2 Å². The Kier molecular flexibility index (Phi) is 4.53. The zero-order valence-electron chi connectivity index (χ0n) is 12.0. The first kappa shape index (κ1) is 14.0. The van der Waals surface area contributed by atoms with Crippen LogP contribution in [0.1, 0.15) is 20.8 Å². The first-order valence-electron chi connectivity index (χ1n) is 6.88. The van der Waals surface area contributed by atoms with Crippen LogP contribution in [0.3, 0.4) is 0 Å². The van der Waals surface area contributed by atoms with E-state index in [2.05, 4.69) is 12.2 Å². The summed E-state index contributed by atoms with van der Waals surface area (Å²) in [6.45, 7) is 10.0. The minimum atomic E-state index is 0.227. The fourth-order valence-electron chi connectivity index (χ4n) is 2.05. The first-order chi connectivity index (χ1) is 9.17. The van der Waals surface area contributed by atoms with Crippen molar-refractivity contribution in [1.82, 2.24) is 0 Å². The lowest BCUT2D eigenvalue weighted by atomic mass is 9.88. The number of rotatable bonds is 7. The van der Waals surface area contributed by atoms with Gasteiger partial charge in [-0.3, -0.25) is 0 Å². The SMILES string of the molecule is CCOc1ccc(OCC)c(NCC2(C)COC2)c1. The molecule has 0 unspecified atom stereocenters. The molecule has 1 fully saturated rings. The summed E-state index contributed by atoms with van der Waals surface area (Å²) in [6.07, 6.45) is 0. The number of ether oxygens (including phenoxy) is 3. The number of hydrogen-bond acceptors (Lipinski definition) is 4. The molecule has 0 bridgehead atoms. The van der Waals surface area contributed by atoms with Gasteiger partial charge in [-0.1, -0.05) is 6.92 Å². The van der Waals surface area contributed by atoms with E-state index in [1.807, 2.05) is 32.0 Å². The van der Waals surface area contributed by atoms with Crippen molar-refractivity contribution in [2.24, 2.45) is 5.41 Å². The molecule has 4 heteroatoms. The van der Waals surface area contributed by atoms with Crippen molar-refractivity contribution >= 4 is 5.69 Å². The second-order valence-corrected chi connectivity index (χ2v) is 5.18. The van der Waals surface area contributed by atoms with Gasteiger partial charge in [-0.05, 0) is 26.0 Å². The van der Waals surface area contributed by atoms with Crippen LogP contribution in [0.4, 0.5) is 5.69 Å². The average Bonchev–Trinajstić information content (AvgIpc) is 2.37. The van der Waals surface area contributed by atoms with Crippen LogP contribution < -0.4 is 14.8 Å². The fraction of sp³-hybridized carbons (Fsp3) is 0.600. The minimum Gasteiger partial charge on any atom is -0.494 e. The van der Waals surface area contributed by atoms with Gasteiger partial charge in [0.1, 0.15) is 11.5 Å². The molecular weight excluding hydrogens is 242 g/mol. The van der Waals surface area contributed by atoms with E-state index < -0.39 is 0 Å². The molecule has 1 aliphatic rings. The van der Waals surface area contributed by atoms with Gasteiger partial charge in [0.25, 0.3) is 0 Å². The van der Waals surface area contributed by atoms with Crippen molar-refractivity contribution < 1.29 is 14.2 Å². The molecule has 1 heterocycles. The summed E-state index contributed by atoms with van der Waals surface area (Å²) < 4.78 is 16.4. The van der Waals surface area contributed by atoms with Crippen LogP contribution >= 0.6 is 0 Å². The molecule has 1 aromatic carbocycles. The van der Waals surface area contributed by atoms with Gasteiger partial charge in [0, 0.05) is 18.0 Å². The second kappa shape index (κ2) is 6.15. The maximum absolute atomic E-state index is 5.64. The molecule has 4 nitrogen and oxygen atoms in total. The minimum absolute atomic E-state index is 0.227. The van der Waals surface area contributed by atoms with Crippen molar-refractivity contribution in [3.63, 3.8) is 0 Å². The van der Waals surface area contributed by atoms with E-state index in [0.717, 1.165) is 36.9 Å². The van der Waals surface area contributed by atoms with Crippen molar-refractivity contribution in [2.75, 3.05) is 38.3 Å². The monoisotopic (exact) mass is 265 g/mol. The Hall–Kier alpha value is -1.42. The van der Waals surface area contributed by atoms with Crippen LogP contribution in [-0.2, 0) is 4.74 Å². The molecule has 1 N–H and O–H groups in total. The third-order valence-corrected chi connectivity index (χ3v) is 3.17. The van der Waals surface area contributed by atoms with Gasteiger partial charge < -0.3 is 19.5 Å². The van der Waals surface area contributed by atoms with Crippen LogP contribution in [0.15, 0.2) is 18.2 Å². The van der Waals surface area contributed by atoms with Gasteiger partial charge in [0.15, 0.2) is 0 Å². The number of benzene rings is 1. The van der Waals surface area contributed by atoms with E-state index >= 15 is 0 Å². The molecule has 0 atom stereocenters. The highest BCUT2D eigenvalue weighted by atomic mass is 16.5. The lowest BCUT2D eigenvalue weighted by Crippen LogP contribution is -2.45. The van der Waals surface area contributed by atoms with Gasteiger partial charge in [0.2, 0.25) is 0 Å². The van der Waals surface area contributed by atoms with Crippen LogP contribution in [-0.4, -0.2) is 33.0 Å². The van der Waals surface area contributed by atoms with Crippen LogP contribution in [0.25, 0.3) is 0 Å². The molecule has 1 aromatic rings. The lowest BCUT2D eigenvalue weighted by Gasteiger charge is -2.38. The molecule has 0 spiro atoms. The molecule has 1 aliphatic heterocycles. The maximum Gasteiger partial charge on any atom is 0.142 e. The number of anilines is 1. The highest BCUT2D eigenvalue weighted by molar-refractivity contribution is 5.60. The Bertz CT molecular complexity index is 416. The highest BCUT2D eigenvalue weighted by Crippen LogP contribution is 2.32. The third-order valence-electron chi connectivity index (χ3n) is 3.17. The standard InChI is InChI=1S/C15H23NO3/c1-4-18-12-6-7-14(19-5-2)13(8-12)16-9-15(3)10-17-11-15/h6-8,16H,4-5,9-11H2,1-3H3. The number of nitrogens with one attached hydrogen (secondary N) is 1. The fourth-order valence-corrected chi connectivity index (χ4v) is 2.05. The molecule has 106 valence electrons. The lowest BCUT2D eigenvalue weighted by molar-refractivity contribution is -0.0924. The Balaban J connectivity index is 2.07. The zero-order chi connectivity index (χ0) is 13.7. The third kappa shape index (κ3) is 3.53.